The number of hydrogen-bond donors (Lipinski definition) is 2. The first kappa shape index (κ1) is 10.6. The second-order valence-electron chi connectivity index (χ2n) is 3.68. The van der Waals surface area contributed by atoms with Gasteiger partial charge in [0.2, 0.25) is 0 Å². The molecule has 0 aliphatic carbocycles. The summed E-state index contributed by atoms with van der Waals surface area (Å²) in [6.45, 7) is -0.409. The Labute approximate surface area is 92.0 Å². The van der Waals surface area contributed by atoms with E-state index in [9.17, 15) is 4.79 Å². The number of rotatable bonds is 3. The van der Waals surface area contributed by atoms with Crippen LogP contribution in [0.15, 0.2) is 24.5 Å². The van der Waals surface area contributed by atoms with Crippen LogP contribution in [0.4, 0.5) is 0 Å². The summed E-state index contributed by atoms with van der Waals surface area (Å²) in [6.07, 6.45) is 1.67. The van der Waals surface area contributed by atoms with E-state index in [4.69, 9.17) is 10.2 Å². The van der Waals surface area contributed by atoms with Crippen molar-refractivity contribution in [2.24, 2.45) is 7.05 Å². The number of aliphatic carboxylic acids is 1. The standard InChI is InChI=1S/C11H12N2O3/c1-13-6-12-9-4-7(2-3-10(9)13)8(5-14)11(15)16/h2-4,6,8,14H,5H2,1H3,(H,15,16). The molecule has 0 saturated heterocycles. The Hall–Kier alpha value is -1.88. The lowest BCUT2D eigenvalue weighted by Gasteiger charge is -2.09. The Bertz CT molecular complexity index is 533. The van der Waals surface area contributed by atoms with E-state index >= 15 is 0 Å². The van der Waals surface area contributed by atoms with Crippen molar-refractivity contribution in [1.82, 2.24) is 9.55 Å². The zero-order chi connectivity index (χ0) is 11.7. The predicted octanol–water partition coefficient (Wildman–Crippen LogP) is 0.734. The molecule has 84 valence electrons. The van der Waals surface area contributed by atoms with Gasteiger partial charge in [-0.1, -0.05) is 6.07 Å². The van der Waals surface area contributed by atoms with Crippen LogP contribution in [0.3, 0.4) is 0 Å². The number of fused-ring (bicyclic) bond motifs is 1. The maximum atomic E-state index is 10.9. The number of benzene rings is 1. The summed E-state index contributed by atoms with van der Waals surface area (Å²) in [5.41, 5.74) is 2.24. The van der Waals surface area contributed by atoms with Crippen molar-refractivity contribution in [3.05, 3.63) is 30.1 Å². The molecule has 0 saturated carbocycles. The van der Waals surface area contributed by atoms with Crippen molar-refractivity contribution < 1.29 is 15.0 Å². The third-order valence-electron chi connectivity index (χ3n) is 2.63. The molecule has 0 amide bonds. The molecule has 1 heterocycles. The maximum Gasteiger partial charge on any atom is 0.313 e. The summed E-state index contributed by atoms with van der Waals surface area (Å²) in [5, 5.41) is 17.9. The van der Waals surface area contributed by atoms with Gasteiger partial charge in [0.1, 0.15) is 5.92 Å². The van der Waals surface area contributed by atoms with Gasteiger partial charge < -0.3 is 14.8 Å². The molecule has 2 N–H and O–H groups in total. The first-order chi connectivity index (χ1) is 7.63. The summed E-state index contributed by atoms with van der Waals surface area (Å²) in [6, 6.07) is 5.21. The summed E-state index contributed by atoms with van der Waals surface area (Å²) in [7, 11) is 1.87. The molecule has 16 heavy (non-hydrogen) atoms. The number of imidazole rings is 1. The molecule has 0 radical (unpaired) electrons. The summed E-state index contributed by atoms with van der Waals surface area (Å²) < 4.78 is 1.85. The largest absolute Gasteiger partial charge is 0.481 e. The lowest BCUT2D eigenvalue weighted by atomic mass is 10.00. The number of aromatic nitrogens is 2. The predicted molar refractivity (Wildman–Crippen MR) is 58.2 cm³/mol. The Morgan fingerprint density at radius 2 is 2.31 bits per heavy atom. The number of nitrogens with zero attached hydrogens (tertiary/aromatic N) is 2. The van der Waals surface area contributed by atoms with Crippen molar-refractivity contribution in [3.63, 3.8) is 0 Å². The highest BCUT2D eigenvalue weighted by Gasteiger charge is 2.19. The minimum atomic E-state index is -1.03. The van der Waals surface area contributed by atoms with Gasteiger partial charge in [0.15, 0.2) is 0 Å². The second kappa shape index (κ2) is 3.94. The quantitative estimate of drug-likeness (QED) is 0.799. The molecule has 1 aromatic heterocycles. The van der Waals surface area contributed by atoms with Gasteiger partial charge in [-0.3, -0.25) is 4.79 Å². The molecular formula is C11H12N2O3. The minimum absolute atomic E-state index is 0.409. The number of carboxylic acids is 1. The first-order valence-electron chi connectivity index (χ1n) is 4.88. The summed E-state index contributed by atoms with van der Waals surface area (Å²) in [5.74, 6) is -1.91. The monoisotopic (exact) mass is 220 g/mol. The zero-order valence-electron chi connectivity index (χ0n) is 8.79. The molecular weight excluding hydrogens is 208 g/mol. The third kappa shape index (κ3) is 1.65. The van der Waals surface area contributed by atoms with Gasteiger partial charge in [-0.05, 0) is 17.7 Å². The third-order valence-corrected chi connectivity index (χ3v) is 2.63. The van der Waals surface area contributed by atoms with Crippen molar-refractivity contribution >= 4 is 17.0 Å². The van der Waals surface area contributed by atoms with E-state index in [1.807, 2.05) is 17.7 Å². The average molecular weight is 220 g/mol. The molecule has 1 unspecified atom stereocenters. The van der Waals surface area contributed by atoms with E-state index in [1.54, 1.807) is 18.5 Å². The Balaban J connectivity index is 2.50. The highest BCUT2D eigenvalue weighted by atomic mass is 16.4. The number of carbonyl (C=O) groups is 1. The number of aryl methyl sites for hydroxylation is 1. The van der Waals surface area contributed by atoms with E-state index in [0.29, 0.717) is 5.56 Å². The molecule has 0 fully saturated rings. The lowest BCUT2D eigenvalue weighted by Crippen LogP contribution is -2.15. The van der Waals surface area contributed by atoms with Crippen LogP contribution < -0.4 is 0 Å². The van der Waals surface area contributed by atoms with Crippen LogP contribution in [0.5, 0.6) is 0 Å². The smallest absolute Gasteiger partial charge is 0.313 e. The van der Waals surface area contributed by atoms with E-state index in [2.05, 4.69) is 4.98 Å². The van der Waals surface area contributed by atoms with Gasteiger partial charge in [0, 0.05) is 7.05 Å². The number of aliphatic hydroxyl groups excluding tert-OH is 1. The van der Waals surface area contributed by atoms with Crippen LogP contribution >= 0.6 is 0 Å². The summed E-state index contributed by atoms with van der Waals surface area (Å²) >= 11 is 0. The zero-order valence-corrected chi connectivity index (χ0v) is 8.79. The fraction of sp³-hybridized carbons (Fsp3) is 0.273. The Kier molecular flexibility index (Phi) is 2.62. The van der Waals surface area contributed by atoms with E-state index in [0.717, 1.165) is 11.0 Å². The van der Waals surface area contributed by atoms with Gasteiger partial charge >= 0.3 is 5.97 Å². The molecule has 0 aliphatic heterocycles. The van der Waals surface area contributed by atoms with Gasteiger partial charge in [0.05, 0.1) is 24.0 Å². The molecule has 0 aliphatic rings. The Morgan fingerprint density at radius 3 is 2.94 bits per heavy atom. The molecule has 0 bridgehead atoms. The van der Waals surface area contributed by atoms with Crippen molar-refractivity contribution in [2.75, 3.05) is 6.61 Å². The SMILES string of the molecule is Cn1cnc2cc(C(CO)C(=O)O)ccc21. The van der Waals surface area contributed by atoms with Crippen molar-refractivity contribution in [2.45, 2.75) is 5.92 Å². The molecule has 5 nitrogen and oxygen atoms in total. The van der Waals surface area contributed by atoms with Crippen LogP contribution in [-0.4, -0.2) is 32.3 Å². The van der Waals surface area contributed by atoms with Gasteiger partial charge in [-0.15, -0.1) is 0 Å². The minimum Gasteiger partial charge on any atom is -0.481 e. The fourth-order valence-corrected chi connectivity index (χ4v) is 1.70. The summed E-state index contributed by atoms with van der Waals surface area (Å²) in [4.78, 5) is 15.0. The highest BCUT2D eigenvalue weighted by Crippen LogP contribution is 2.20. The van der Waals surface area contributed by atoms with Crippen LogP contribution in [0.1, 0.15) is 11.5 Å². The van der Waals surface area contributed by atoms with E-state index < -0.39 is 18.5 Å². The number of aliphatic hydroxyl groups is 1. The molecule has 1 atom stereocenters. The number of hydrogen-bond acceptors (Lipinski definition) is 3. The molecule has 2 aromatic rings. The normalized spacial score (nSPS) is 12.9. The highest BCUT2D eigenvalue weighted by molar-refractivity contribution is 5.81. The molecule has 2 rings (SSSR count). The van der Waals surface area contributed by atoms with Gasteiger partial charge in [-0.2, -0.15) is 0 Å². The van der Waals surface area contributed by atoms with Crippen LogP contribution in [0, 0.1) is 0 Å². The Morgan fingerprint density at radius 1 is 1.56 bits per heavy atom. The van der Waals surface area contributed by atoms with Gasteiger partial charge in [-0.25, -0.2) is 4.98 Å². The topological polar surface area (TPSA) is 75.3 Å². The first-order valence-corrected chi connectivity index (χ1v) is 4.88. The van der Waals surface area contributed by atoms with Gasteiger partial charge in [0.25, 0.3) is 0 Å². The number of carboxylic acid groups (broad SMARTS) is 1. The van der Waals surface area contributed by atoms with E-state index in [1.165, 1.54) is 0 Å². The average Bonchev–Trinajstić information content (AvgIpc) is 2.61. The second-order valence-corrected chi connectivity index (χ2v) is 3.68. The van der Waals surface area contributed by atoms with E-state index in [-0.39, 0.29) is 0 Å². The molecule has 0 spiro atoms. The fourth-order valence-electron chi connectivity index (χ4n) is 1.70. The molecule has 5 heteroatoms. The van der Waals surface area contributed by atoms with Crippen LogP contribution in [0.2, 0.25) is 0 Å². The van der Waals surface area contributed by atoms with Crippen LogP contribution in [0.25, 0.3) is 11.0 Å². The van der Waals surface area contributed by atoms with Crippen molar-refractivity contribution in [1.29, 1.82) is 0 Å². The maximum absolute atomic E-state index is 10.9. The van der Waals surface area contributed by atoms with Crippen LogP contribution in [-0.2, 0) is 11.8 Å². The molecule has 1 aromatic carbocycles. The lowest BCUT2D eigenvalue weighted by molar-refractivity contribution is -0.139. The van der Waals surface area contributed by atoms with Crippen molar-refractivity contribution in [3.8, 4) is 0 Å².